The average Bonchev–Trinajstić information content (AvgIpc) is 3.19. The van der Waals surface area contributed by atoms with Crippen LogP contribution in [0.1, 0.15) is 48.8 Å². The van der Waals surface area contributed by atoms with Gasteiger partial charge in [-0.2, -0.15) is 0 Å². The van der Waals surface area contributed by atoms with E-state index in [2.05, 4.69) is 17.1 Å². The molecule has 0 amide bonds. The molecule has 172 valence electrons. The second kappa shape index (κ2) is 10.7. The lowest BCUT2D eigenvalue weighted by atomic mass is 9.88. The molecule has 0 saturated heterocycles. The van der Waals surface area contributed by atoms with E-state index in [0.29, 0.717) is 43.4 Å². The Bertz CT molecular complexity index is 1150. The number of rotatable bonds is 9. The largest absolute Gasteiger partial charge is 0.493 e. The van der Waals surface area contributed by atoms with Crippen molar-refractivity contribution in [2.75, 3.05) is 13.2 Å². The van der Waals surface area contributed by atoms with Crippen LogP contribution in [-0.4, -0.2) is 24.2 Å². The number of esters is 1. The minimum Gasteiger partial charge on any atom is -0.493 e. The Labute approximate surface area is 199 Å². The van der Waals surface area contributed by atoms with E-state index in [1.54, 1.807) is 0 Å². The molecule has 5 nitrogen and oxygen atoms in total. The molecule has 1 heterocycles. The van der Waals surface area contributed by atoms with E-state index in [0.717, 1.165) is 35.6 Å². The Morgan fingerprint density at radius 3 is 2.76 bits per heavy atom. The zero-order valence-corrected chi connectivity index (χ0v) is 19.8. The molecular formula is C27H28ClNO4. The number of fused-ring (bicyclic) bond motifs is 1. The number of carbonyl (C=O) groups is 1. The Kier molecular flexibility index (Phi) is 7.50. The van der Waals surface area contributed by atoms with Gasteiger partial charge in [-0.3, -0.25) is 4.79 Å². The van der Waals surface area contributed by atoms with Gasteiger partial charge in [0, 0.05) is 29.0 Å². The van der Waals surface area contributed by atoms with Gasteiger partial charge in [0.15, 0.2) is 0 Å². The lowest BCUT2D eigenvalue weighted by molar-refractivity contribution is -0.142. The molecule has 0 atom stereocenters. The molecule has 0 aliphatic heterocycles. The molecule has 0 spiro atoms. The summed E-state index contributed by atoms with van der Waals surface area (Å²) in [4.78, 5) is 16.4. The van der Waals surface area contributed by atoms with Crippen molar-refractivity contribution in [2.24, 2.45) is 0 Å². The summed E-state index contributed by atoms with van der Waals surface area (Å²) in [6, 6.07) is 13.6. The van der Waals surface area contributed by atoms with Crippen LogP contribution in [0.5, 0.6) is 5.75 Å². The summed E-state index contributed by atoms with van der Waals surface area (Å²) in [5.41, 5.74) is 5.35. The lowest BCUT2D eigenvalue weighted by Gasteiger charge is -2.21. The molecule has 0 saturated carbocycles. The van der Waals surface area contributed by atoms with Crippen LogP contribution in [0.15, 0.2) is 53.0 Å². The number of carbonyl (C=O) groups excluding carboxylic acids is 1. The van der Waals surface area contributed by atoms with Gasteiger partial charge in [-0.15, -0.1) is 0 Å². The second-order valence-corrected chi connectivity index (χ2v) is 8.42. The number of hydrogen-bond donors (Lipinski definition) is 0. The summed E-state index contributed by atoms with van der Waals surface area (Å²) in [5, 5.41) is 0.681. The van der Waals surface area contributed by atoms with Crippen LogP contribution in [0.4, 0.5) is 0 Å². The van der Waals surface area contributed by atoms with E-state index in [1.807, 2.05) is 50.2 Å². The highest BCUT2D eigenvalue weighted by molar-refractivity contribution is 6.30. The topological polar surface area (TPSA) is 61.6 Å². The van der Waals surface area contributed by atoms with Gasteiger partial charge < -0.3 is 13.9 Å². The van der Waals surface area contributed by atoms with Gasteiger partial charge in [0.2, 0.25) is 5.89 Å². The number of halogens is 1. The molecule has 0 unspecified atom stereocenters. The Morgan fingerprint density at radius 2 is 1.97 bits per heavy atom. The fraction of sp³-hybridized carbons (Fsp3) is 0.333. The van der Waals surface area contributed by atoms with Crippen LogP contribution in [0.3, 0.4) is 0 Å². The molecule has 0 bridgehead atoms. The zero-order valence-electron chi connectivity index (χ0n) is 19.0. The number of aromatic nitrogens is 1. The van der Waals surface area contributed by atoms with Crippen molar-refractivity contribution in [3.8, 4) is 17.2 Å². The number of allylic oxidation sites excluding steroid dienone is 2. The highest BCUT2D eigenvalue weighted by Gasteiger charge is 2.18. The van der Waals surface area contributed by atoms with Crippen LogP contribution in [0.2, 0.25) is 5.02 Å². The predicted octanol–water partition coefficient (Wildman–Crippen LogP) is 6.60. The van der Waals surface area contributed by atoms with Crippen LogP contribution in [0.25, 0.3) is 17.0 Å². The smallest absolute Gasteiger partial charge is 0.306 e. The molecule has 33 heavy (non-hydrogen) atoms. The van der Waals surface area contributed by atoms with Gasteiger partial charge in [-0.25, -0.2) is 4.98 Å². The molecule has 6 heteroatoms. The monoisotopic (exact) mass is 465 g/mol. The van der Waals surface area contributed by atoms with E-state index in [9.17, 15) is 4.79 Å². The van der Waals surface area contributed by atoms with Gasteiger partial charge in [-0.05, 0) is 74.6 Å². The quantitative estimate of drug-likeness (QED) is 0.333. The minimum absolute atomic E-state index is 0.154. The van der Waals surface area contributed by atoms with Gasteiger partial charge in [-0.1, -0.05) is 29.8 Å². The van der Waals surface area contributed by atoms with E-state index >= 15 is 0 Å². The van der Waals surface area contributed by atoms with Crippen LogP contribution in [-0.2, 0) is 22.4 Å². The normalized spacial score (nSPS) is 12.8. The fourth-order valence-electron chi connectivity index (χ4n) is 4.10. The molecule has 2 aromatic carbocycles. The predicted molar refractivity (Wildman–Crippen MR) is 129 cm³/mol. The van der Waals surface area contributed by atoms with Gasteiger partial charge in [0.25, 0.3) is 0 Å². The van der Waals surface area contributed by atoms with Crippen molar-refractivity contribution in [2.45, 2.75) is 46.0 Å². The first-order valence-electron chi connectivity index (χ1n) is 11.4. The second-order valence-electron chi connectivity index (χ2n) is 7.98. The van der Waals surface area contributed by atoms with E-state index in [-0.39, 0.29) is 5.97 Å². The van der Waals surface area contributed by atoms with Gasteiger partial charge in [0.05, 0.1) is 18.9 Å². The molecule has 0 fully saturated rings. The SMILES string of the molecule is CCOC(=O)CCC1=CCCc2c(OCCc3nc(-c4ccc(Cl)cc4)oc3C)cccc21. The Morgan fingerprint density at radius 1 is 1.15 bits per heavy atom. The van der Waals surface area contributed by atoms with Crippen molar-refractivity contribution in [1.82, 2.24) is 4.98 Å². The number of hydrogen-bond acceptors (Lipinski definition) is 5. The molecule has 1 aliphatic carbocycles. The highest BCUT2D eigenvalue weighted by atomic mass is 35.5. The lowest BCUT2D eigenvalue weighted by Crippen LogP contribution is -2.09. The summed E-state index contributed by atoms with van der Waals surface area (Å²) in [7, 11) is 0. The highest BCUT2D eigenvalue weighted by Crippen LogP contribution is 2.35. The van der Waals surface area contributed by atoms with Crippen LogP contribution < -0.4 is 4.74 Å². The van der Waals surface area contributed by atoms with Crippen molar-refractivity contribution in [3.05, 3.63) is 76.1 Å². The van der Waals surface area contributed by atoms with Gasteiger partial charge in [0.1, 0.15) is 11.5 Å². The maximum atomic E-state index is 11.8. The fourth-order valence-corrected chi connectivity index (χ4v) is 4.23. The Hall–Kier alpha value is -3.05. The molecule has 4 rings (SSSR count). The van der Waals surface area contributed by atoms with Gasteiger partial charge >= 0.3 is 5.97 Å². The number of aryl methyl sites for hydroxylation is 1. The van der Waals surface area contributed by atoms with Crippen LogP contribution >= 0.6 is 11.6 Å². The van der Waals surface area contributed by atoms with E-state index < -0.39 is 0 Å². The third-order valence-corrected chi connectivity index (χ3v) is 6.00. The number of nitrogens with zero attached hydrogens (tertiary/aromatic N) is 1. The summed E-state index contributed by atoms with van der Waals surface area (Å²) in [6.45, 7) is 4.67. The summed E-state index contributed by atoms with van der Waals surface area (Å²) in [5.74, 6) is 2.13. The third-order valence-electron chi connectivity index (χ3n) is 5.75. The molecular weight excluding hydrogens is 438 g/mol. The number of oxazole rings is 1. The zero-order chi connectivity index (χ0) is 23.2. The van der Waals surface area contributed by atoms with E-state index in [4.69, 9.17) is 25.5 Å². The number of ether oxygens (including phenoxy) is 2. The molecule has 3 aromatic rings. The first-order valence-corrected chi connectivity index (χ1v) is 11.7. The summed E-state index contributed by atoms with van der Waals surface area (Å²) < 4.78 is 17.1. The van der Waals surface area contributed by atoms with Crippen molar-refractivity contribution < 1.29 is 18.7 Å². The summed E-state index contributed by atoms with van der Waals surface area (Å²) in [6.07, 6.45) is 5.82. The van der Waals surface area contributed by atoms with Crippen molar-refractivity contribution >= 4 is 23.1 Å². The summed E-state index contributed by atoms with van der Waals surface area (Å²) >= 11 is 5.97. The molecule has 0 N–H and O–H groups in total. The van der Waals surface area contributed by atoms with Crippen molar-refractivity contribution in [3.63, 3.8) is 0 Å². The van der Waals surface area contributed by atoms with E-state index in [1.165, 1.54) is 16.7 Å². The standard InChI is InChI=1S/C27H28ClNO4/c1-3-31-26(30)15-12-19-6-4-8-23-22(19)7-5-9-25(23)32-17-16-24-18(2)33-27(29-24)20-10-13-21(28)14-11-20/h5-7,9-11,13-14H,3-4,8,12,15-17H2,1-2H3. The molecule has 1 aliphatic rings. The average molecular weight is 466 g/mol. The van der Waals surface area contributed by atoms with Crippen molar-refractivity contribution in [1.29, 1.82) is 0 Å². The Balaban J connectivity index is 1.40. The number of benzene rings is 2. The first kappa shape index (κ1) is 23.1. The molecule has 0 radical (unpaired) electrons. The third kappa shape index (κ3) is 5.66. The molecule has 1 aromatic heterocycles. The maximum Gasteiger partial charge on any atom is 0.306 e. The van der Waals surface area contributed by atoms with Crippen LogP contribution in [0, 0.1) is 6.92 Å². The first-order chi connectivity index (χ1) is 16.0. The minimum atomic E-state index is -0.154. The maximum absolute atomic E-state index is 11.8.